The van der Waals surface area contributed by atoms with Gasteiger partial charge in [-0.05, 0) is 56.1 Å². The second kappa shape index (κ2) is 6.45. The van der Waals surface area contributed by atoms with Crippen molar-refractivity contribution in [3.8, 4) is 0 Å². The van der Waals surface area contributed by atoms with E-state index < -0.39 is 0 Å². The van der Waals surface area contributed by atoms with Crippen molar-refractivity contribution in [1.29, 1.82) is 0 Å². The maximum absolute atomic E-state index is 12.6. The highest BCUT2D eigenvalue weighted by Crippen LogP contribution is 2.42. The number of likely N-dealkylation sites (tertiary alicyclic amines) is 1. The summed E-state index contributed by atoms with van der Waals surface area (Å²) >= 11 is 0. The molecule has 0 bridgehead atoms. The van der Waals surface area contributed by atoms with Crippen molar-refractivity contribution in [2.24, 2.45) is 11.8 Å². The maximum atomic E-state index is 12.6. The Hall–Kier alpha value is -1.46. The molecule has 24 heavy (non-hydrogen) atoms. The highest BCUT2D eigenvalue weighted by Gasteiger charge is 2.54. The van der Waals surface area contributed by atoms with E-state index in [4.69, 9.17) is 9.47 Å². The molecular formula is C19H26N2O3. The van der Waals surface area contributed by atoms with Gasteiger partial charge >= 0.3 is 0 Å². The number of rotatable bonds is 6. The van der Waals surface area contributed by atoms with Crippen LogP contribution in [0.15, 0.2) is 18.5 Å². The number of ether oxygens (including phenoxy) is 2. The number of carbonyl (C=O) groups excluding carboxylic acids is 1. The number of pyridine rings is 1. The van der Waals surface area contributed by atoms with Crippen LogP contribution in [0.1, 0.15) is 41.6 Å². The summed E-state index contributed by atoms with van der Waals surface area (Å²) in [5.74, 6) is 1.39. The summed E-state index contributed by atoms with van der Waals surface area (Å²) in [5.41, 5.74) is 1.56. The van der Waals surface area contributed by atoms with Crippen LogP contribution in [0.25, 0.3) is 0 Å². The topological polar surface area (TPSA) is 51.7 Å². The van der Waals surface area contributed by atoms with Crippen LogP contribution in [0, 0.1) is 18.8 Å². The van der Waals surface area contributed by atoms with E-state index in [0.717, 1.165) is 44.1 Å². The first-order chi connectivity index (χ1) is 11.7. The van der Waals surface area contributed by atoms with Crippen molar-refractivity contribution in [3.05, 3.63) is 29.6 Å². The lowest BCUT2D eigenvalue weighted by atomic mass is 9.79. The van der Waals surface area contributed by atoms with Crippen molar-refractivity contribution >= 4 is 5.91 Å². The molecule has 1 spiro atoms. The minimum atomic E-state index is -0.129. The van der Waals surface area contributed by atoms with E-state index in [1.807, 2.05) is 17.9 Å². The normalized spacial score (nSPS) is 25.0. The Morgan fingerprint density at radius 1 is 1.38 bits per heavy atom. The van der Waals surface area contributed by atoms with Crippen molar-refractivity contribution in [1.82, 2.24) is 9.88 Å². The van der Waals surface area contributed by atoms with Gasteiger partial charge in [0.1, 0.15) is 5.60 Å². The van der Waals surface area contributed by atoms with Crippen LogP contribution in [0.4, 0.5) is 0 Å². The summed E-state index contributed by atoms with van der Waals surface area (Å²) in [6, 6.07) is 1.90. The van der Waals surface area contributed by atoms with E-state index in [9.17, 15) is 4.79 Å². The predicted molar refractivity (Wildman–Crippen MR) is 89.8 cm³/mol. The largest absolute Gasteiger partial charge is 0.381 e. The highest BCUT2D eigenvalue weighted by molar-refractivity contribution is 5.94. The first kappa shape index (κ1) is 16.0. The van der Waals surface area contributed by atoms with Crippen LogP contribution in [-0.4, -0.2) is 54.3 Å². The second-order valence-electron chi connectivity index (χ2n) is 7.62. The van der Waals surface area contributed by atoms with Crippen molar-refractivity contribution in [3.63, 3.8) is 0 Å². The quantitative estimate of drug-likeness (QED) is 0.752. The van der Waals surface area contributed by atoms with Crippen LogP contribution in [0.2, 0.25) is 0 Å². The summed E-state index contributed by atoms with van der Waals surface area (Å²) in [6.07, 6.45) is 8.22. The predicted octanol–water partition coefficient (Wildman–Crippen LogP) is 2.44. The average molecular weight is 330 g/mol. The number of hydrogen-bond acceptors (Lipinski definition) is 4. The molecule has 3 fully saturated rings. The highest BCUT2D eigenvalue weighted by atomic mass is 16.5. The van der Waals surface area contributed by atoms with Gasteiger partial charge < -0.3 is 14.4 Å². The number of hydrogen-bond donors (Lipinski definition) is 0. The Labute approximate surface area is 143 Å². The van der Waals surface area contributed by atoms with E-state index in [1.54, 1.807) is 12.4 Å². The number of carbonyl (C=O) groups is 1. The Bertz CT molecular complexity index is 608. The number of amides is 1. The minimum Gasteiger partial charge on any atom is -0.381 e. The van der Waals surface area contributed by atoms with Gasteiger partial charge in [-0.15, -0.1) is 0 Å². The third-order valence-electron chi connectivity index (χ3n) is 5.59. The van der Waals surface area contributed by atoms with Gasteiger partial charge in [0.05, 0.1) is 18.7 Å². The van der Waals surface area contributed by atoms with E-state index in [0.29, 0.717) is 24.6 Å². The molecule has 2 aliphatic heterocycles. The molecular weight excluding hydrogens is 304 g/mol. The molecule has 1 aromatic heterocycles. The van der Waals surface area contributed by atoms with E-state index in [2.05, 4.69) is 4.98 Å². The molecule has 0 N–H and O–H groups in total. The van der Waals surface area contributed by atoms with Crippen LogP contribution in [-0.2, 0) is 9.47 Å². The molecule has 1 aromatic rings. The van der Waals surface area contributed by atoms with Gasteiger partial charge in [-0.1, -0.05) is 0 Å². The fourth-order valence-corrected chi connectivity index (χ4v) is 3.90. The standard InChI is InChI=1S/C19H26N2O3/c1-14-8-16(10-20-9-14)18(22)21-12-19(13-21)17(5-7-24-19)4-6-23-11-15-2-3-15/h8-10,15,17H,2-7,11-13H2,1H3. The summed E-state index contributed by atoms with van der Waals surface area (Å²) < 4.78 is 11.8. The lowest BCUT2D eigenvalue weighted by Gasteiger charge is -2.50. The third kappa shape index (κ3) is 3.20. The average Bonchev–Trinajstić information content (AvgIpc) is 3.27. The van der Waals surface area contributed by atoms with Crippen LogP contribution >= 0.6 is 0 Å². The smallest absolute Gasteiger partial charge is 0.255 e. The fraction of sp³-hybridized carbons (Fsp3) is 0.684. The first-order valence-corrected chi connectivity index (χ1v) is 9.09. The summed E-state index contributed by atoms with van der Waals surface area (Å²) in [6.45, 7) is 5.91. The first-order valence-electron chi connectivity index (χ1n) is 9.09. The molecule has 2 saturated heterocycles. The van der Waals surface area contributed by atoms with Crippen LogP contribution in [0.5, 0.6) is 0 Å². The van der Waals surface area contributed by atoms with Crippen molar-refractivity contribution < 1.29 is 14.3 Å². The van der Waals surface area contributed by atoms with Crippen molar-refractivity contribution in [2.45, 2.75) is 38.2 Å². The molecule has 1 atom stereocenters. The van der Waals surface area contributed by atoms with Crippen LogP contribution < -0.4 is 0 Å². The maximum Gasteiger partial charge on any atom is 0.255 e. The third-order valence-corrected chi connectivity index (χ3v) is 5.59. The Kier molecular flexibility index (Phi) is 4.31. The lowest BCUT2D eigenvalue weighted by molar-refractivity contribution is -0.120. The Morgan fingerprint density at radius 3 is 2.96 bits per heavy atom. The summed E-state index contributed by atoms with van der Waals surface area (Å²) in [5, 5.41) is 0. The van der Waals surface area contributed by atoms with Gasteiger partial charge in [-0.2, -0.15) is 0 Å². The zero-order chi connectivity index (χ0) is 16.6. The van der Waals surface area contributed by atoms with E-state index in [1.165, 1.54) is 12.8 Å². The monoisotopic (exact) mass is 330 g/mol. The molecule has 130 valence electrons. The molecule has 3 heterocycles. The van der Waals surface area contributed by atoms with E-state index in [-0.39, 0.29) is 11.5 Å². The van der Waals surface area contributed by atoms with Gasteiger partial charge in [-0.25, -0.2) is 0 Å². The molecule has 1 amide bonds. The number of nitrogens with zero attached hydrogens (tertiary/aromatic N) is 2. The SMILES string of the molecule is Cc1cncc(C(=O)N2CC3(C2)OCCC3CCOCC2CC2)c1. The molecule has 5 nitrogen and oxygen atoms in total. The Morgan fingerprint density at radius 2 is 2.21 bits per heavy atom. The molecule has 0 aromatic carbocycles. The zero-order valence-electron chi connectivity index (χ0n) is 14.4. The molecule has 1 saturated carbocycles. The molecule has 0 radical (unpaired) electrons. The van der Waals surface area contributed by atoms with Gasteiger partial charge in [0.2, 0.25) is 0 Å². The number of aryl methyl sites for hydroxylation is 1. The number of aromatic nitrogens is 1. The van der Waals surface area contributed by atoms with Gasteiger partial charge in [0, 0.05) is 32.2 Å². The van der Waals surface area contributed by atoms with Gasteiger partial charge in [0.25, 0.3) is 5.91 Å². The molecule has 1 unspecified atom stereocenters. The Balaban J connectivity index is 1.29. The van der Waals surface area contributed by atoms with Crippen LogP contribution in [0.3, 0.4) is 0 Å². The zero-order valence-corrected chi connectivity index (χ0v) is 14.4. The molecule has 5 heteroatoms. The molecule has 3 aliphatic rings. The second-order valence-corrected chi connectivity index (χ2v) is 7.62. The molecule has 1 aliphatic carbocycles. The van der Waals surface area contributed by atoms with Gasteiger partial charge in [0.15, 0.2) is 0 Å². The fourth-order valence-electron chi connectivity index (χ4n) is 3.90. The van der Waals surface area contributed by atoms with Gasteiger partial charge in [-0.3, -0.25) is 9.78 Å². The minimum absolute atomic E-state index is 0.0658. The van der Waals surface area contributed by atoms with Crippen molar-refractivity contribution in [2.75, 3.05) is 32.9 Å². The summed E-state index contributed by atoms with van der Waals surface area (Å²) in [4.78, 5) is 18.6. The molecule has 4 rings (SSSR count). The van der Waals surface area contributed by atoms with E-state index >= 15 is 0 Å². The lowest BCUT2D eigenvalue weighted by Crippen LogP contribution is -2.66. The summed E-state index contributed by atoms with van der Waals surface area (Å²) in [7, 11) is 0.